The molecule has 0 spiro atoms. The van der Waals surface area contributed by atoms with Crippen LogP contribution < -0.4 is 4.74 Å². The molecular weight excluding hydrogens is 364 g/mol. The molecule has 6 heteroatoms. The third-order valence-electron chi connectivity index (χ3n) is 2.37. The summed E-state index contributed by atoms with van der Waals surface area (Å²) in [4.78, 5) is 9.99. The summed E-state index contributed by atoms with van der Waals surface area (Å²) < 4.78 is 19.7. The van der Waals surface area contributed by atoms with E-state index in [1.165, 1.54) is 12.1 Å². The van der Waals surface area contributed by atoms with Crippen molar-refractivity contribution in [2.75, 3.05) is 0 Å². The summed E-state index contributed by atoms with van der Waals surface area (Å²) in [6.45, 7) is 0.0825. The summed E-state index contributed by atoms with van der Waals surface area (Å²) in [6, 6.07) is 10.7. The average Bonchev–Trinajstić information content (AvgIpc) is 2.37. The summed E-state index contributed by atoms with van der Waals surface area (Å²) in [5, 5.41) is 10.6. The Labute approximate surface area is 122 Å². The second-order valence-electron chi connectivity index (χ2n) is 3.82. The van der Waals surface area contributed by atoms with Gasteiger partial charge in [0.25, 0.3) is 5.69 Å². The highest BCUT2D eigenvalue weighted by Gasteiger charge is 2.10. The van der Waals surface area contributed by atoms with E-state index >= 15 is 0 Å². The van der Waals surface area contributed by atoms with Gasteiger partial charge in [-0.3, -0.25) is 10.1 Å². The Morgan fingerprint density at radius 1 is 1.21 bits per heavy atom. The van der Waals surface area contributed by atoms with Gasteiger partial charge in [0.15, 0.2) is 0 Å². The van der Waals surface area contributed by atoms with Crippen LogP contribution in [-0.2, 0) is 6.61 Å². The Kier molecular flexibility index (Phi) is 4.31. The van der Waals surface area contributed by atoms with Crippen LogP contribution in [-0.4, -0.2) is 4.92 Å². The highest BCUT2D eigenvalue weighted by molar-refractivity contribution is 14.1. The molecule has 0 aliphatic rings. The van der Waals surface area contributed by atoms with Gasteiger partial charge in [-0.2, -0.15) is 0 Å². The van der Waals surface area contributed by atoms with Gasteiger partial charge in [-0.25, -0.2) is 4.39 Å². The van der Waals surface area contributed by atoms with Crippen LogP contribution >= 0.6 is 22.6 Å². The molecule has 4 nitrogen and oxygen atoms in total. The molecule has 19 heavy (non-hydrogen) atoms. The molecule has 2 aromatic rings. The van der Waals surface area contributed by atoms with Crippen molar-refractivity contribution in [2.45, 2.75) is 6.61 Å². The van der Waals surface area contributed by atoms with Gasteiger partial charge in [-0.1, -0.05) is 0 Å². The maximum absolute atomic E-state index is 13.2. The lowest BCUT2D eigenvalue weighted by Gasteiger charge is -2.06. The number of hydrogen-bond acceptors (Lipinski definition) is 3. The molecule has 0 saturated heterocycles. The van der Waals surface area contributed by atoms with Gasteiger partial charge >= 0.3 is 0 Å². The van der Waals surface area contributed by atoms with Crippen molar-refractivity contribution in [3.63, 3.8) is 0 Å². The molecule has 0 N–H and O–H groups in total. The average molecular weight is 373 g/mol. The Bertz CT molecular complexity index is 601. The molecule has 2 rings (SSSR count). The number of halogens is 2. The highest BCUT2D eigenvalue weighted by atomic mass is 127. The normalized spacial score (nSPS) is 10.2. The van der Waals surface area contributed by atoms with Gasteiger partial charge < -0.3 is 4.74 Å². The third-order valence-corrected chi connectivity index (χ3v) is 3.09. The van der Waals surface area contributed by atoms with Gasteiger partial charge in [-0.05, 0) is 58.5 Å². The van der Waals surface area contributed by atoms with Crippen molar-refractivity contribution in [3.05, 3.63) is 67.5 Å². The van der Waals surface area contributed by atoms with Crippen LogP contribution in [0.4, 0.5) is 10.1 Å². The minimum atomic E-state index is -0.643. The second-order valence-corrected chi connectivity index (χ2v) is 5.06. The van der Waals surface area contributed by atoms with Crippen molar-refractivity contribution < 1.29 is 14.1 Å². The summed E-state index contributed by atoms with van der Waals surface area (Å²) in [6.07, 6.45) is 0. The van der Waals surface area contributed by atoms with Crippen molar-refractivity contribution in [1.29, 1.82) is 0 Å². The van der Waals surface area contributed by atoms with Crippen LogP contribution in [0.25, 0.3) is 0 Å². The van der Waals surface area contributed by atoms with Crippen molar-refractivity contribution in [1.82, 2.24) is 0 Å². The zero-order valence-electron chi connectivity index (χ0n) is 9.68. The van der Waals surface area contributed by atoms with E-state index in [1.54, 1.807) is 12.1 Å². The predicted octanol–water partition coefficient (Wildman–Crippen LogP) is 3.92. The summed E-state index contributed by atoms with van der Waals surface area (Å²) in [7, 11) is 0. The number of non-ortho nitro benzene ring substituents is 1. The lowest BCUT2D eigenvalue weighted by Crippen LogP contribution is -1.98. The van der Waals surface area contributed by atoms with Crippen molar-refractivity contribution >= 4 is 28.3 Å². The van der Waals surface area contributed by atoms with Crippen LogP contribution in [0.1, 0.15) is 5.56 Å². The first-order chi connectivity index (χ1) is 9.04. The van der Waals surface area contributed by atoms with Crippen LogP contribution in [0.2, 0.25) is 0 Å². The Morgan fingerprint density at radius 2 is 1.89 bits per heavy atom. The molecule has 98 valence electrons. The van der Waals surface area contributed by atoms with Gasteiger partial charge in [0.05, 0.1) is 11.0 Å². The van der Waals surface area contributed by atoms with E-state index in [-0.39, 0.29) is 12.3 Å². The molecular formula is C13H9FINO3. The Morgan fingerprint density at radius 3 is 2.53 bits per heavy atom. The third kappa shape index (κ3) is 3.88. The predicted molar refractivity (Wildman–Crippen MR) is 76.5 cm³/mol. The van der Waals surface area contributed by atoms with Gasteiger partial charge in [-0.15, -0.1) is 0 Å². The largest absolute Gasteiger partial charge is 0.489 e. The topological polar surface area (TPSA) is 52.4 Å². The molecule has 0 unspecified atom stereocenters. The van der Waals surface area contributed by atoms with E-state index in [1.807, 2.05) is 12.1 Å². The molecule has 0 atom stereocenters. The monoisotopic (exact) mass is 373 g/mol. The standard InChI is InChI=1S/C13H9FINO3/c14-10-5-9(6-12(7-10)16(17)18)8-19-13-3-1-11(15)2-4-13/h1-7H,8H2. The quantitative estimate of drug-likeness (QED) is 0.464. The summed E-state index contributed by atoms with van der Waals surface area (Å²) >= 11 is 2.17. The molecule has 0 aliphatic carbocycles. The summed E-state index contributed by atoms with van der Waals surface area (Å²) in [5.74, 6) is -0.0114. The molecule has 0 aliphatic heterocycles. The Balaban J connectivity index is 2.11. The van der Waals surface area contributed by atoms with E-state index in [0.717, 1.165) is 9.64 Å². The number of nitrogens with zero attached hydrogens (tertiary/aromatic N) is 1. The van der Waals surface area contributed by atoms with Gasteiger partial charge in [0.1, 0.15) is 18.2 Å². The SMILES string of the molecule is O=[N+]([O-])c1cc(F)cc(COc2ccc(I)cc2)c1. The van der Waals surface area contributed by atoms with E-state index in [9.17, 15) is 14.5 Å². The van der Waals surface area contributed by atoms with Gasteiger partial charge in [0, 0.05) is 9.64 Å². The minimum absolute atomic E-state index is 0.0825. The van der Waals surface area contributed by atoms with E-state index in [0.29, 0.717) is 11.3 Å². The maximum Gasteiger partial charge on any atom is 0.272 e. The molecule has 0 saturated carbocycles. The minimum Gasteiger partial charge on any atom is -0.489 e. The molecule has 0 bridgehead atoms. The molecule has 0 aromatic heterocycles. The van der Waals surface area contributed by atoms with Crippen LogP contribution in [0.15, 0.2) is 42.5 Å². The molecule has 0 fully saturated rings. The second kappa shape index (κ2) is 5.96. The molecule has 2 aromatic carbocycles. The van der Waals surface area contributed by atoms with Crippen LogP contribution in [0.3, 0.4) is 0 Å². The molecule has 0 amide bonds. The number of benzene rings is 2. The maximum atomic E-state index is 13.2. The zero-order valence-corrected chi connectivity index (χ0v) is 11.8. The Hall–Kier alpha value is -1.70. The number of rotatable bonds is 4. The van der Waals surface area contributed by atoms with Crippen LogP contribution in [0, 0.1) is 19.5 Å². The number of hydrogen-bond donors (Lipinski definition) is 0. The van der Waals surface area contributed by atoms with Crippen LogP contribution in [0.5, 0.6) is 5.75 Å². The lowest BCUT2D eigenvalue weighted by molar-refractivity contribution is -0.385. The fourth-order valence-corrected chi connectivity index (χ4v) is 1.88. The van der Waals surface area contributed by atoms with E-state index < -0.39 is 10.7 Å². The molecule has 0 radical (unpaired) electrons. The van der Waals surface area contributed by atoms with E-state index in [2.05, 4.69) is 22.6 Å². The first kappa shape index (κ1) is 13.7. The van der Waals surface area contributed by atoms with E-state index in [4.69, 9.17) is 4.74 Å². The first-order valence-corrected chi connectivity index (χ1v) is 6.45. The number of nitro groups is 1. The number of nitro benzene ring substituents is 1. The molecule has 0 heterocycles. The van der Waals surface area contributed by atoms with Crippen molar-refractivity contribution in [3.8, 4) is 5.75 Å². The fraction of sp³-hybridized carbons (Fsp3) is 0.0769. The first-order valence-electron chi connectivity index (χ1n) is 5.37. The fourth-order valence-electron chi connectivity index (χ4n) is 1.52. The highest BCUT2D eigenvalue weighted by Crippen LogP contribution is 2.19. The zero-order chi connectivity index (χ0) is 13.8. The number of ether oxygens (including phenoxy) is 1. The smallest absolute Gasteiger partial charge is 0.272 e. The van der Waals surface area contributed by atoms with Gasteiger partial charge in [0.2, 0.25) is 0 Å². The van der Waals surface area contributed by atoms with Crippen molar-refractivity contribution in [2.24, 2.45) is 0 Å². The lowest BCUT2D eigenvalue weighted by atomic mass is 10.2. The summed E-state index contributed by atoms with van der Waals surface area (Å²) in [5.41, 5.74) is 0.145.